The molecule has 0 saturated carbocycles. The number of ether oxygens (including phenoxy) is 1. The molecule has 0 aromatic heterocycles. The molecule has 1 aliphatic rings. The van der Waals surface area contributed by atoms with E-state index < -0.39 is 0 Å². The molecule has 1 aromatic rings. The monoisotopic (exact) mass is 304 g/mol. The number of hydrogen-bond donors (Lipinski definition) is 2. The standard InChI is InChI=1S/C17H24N2O3/c1-11-12(2)22-17(21)16(11)19-13(3)18-15(10-20)9-14-7-5-4-6-8-14/h4-8,10-13,15-16,18-19H,9H2,1-3H3/t11-,12-,13?,15+,16-/m0/s1. The summed E-state index contributed by atoms with van der Waals surface area (Å²) < 4.78 is 5.22. The summed E-state index contributed by atoms with van der Waals surface area (Å²) in [4.78, 5) is 23.1. The molecule has 1 heterocycles. The summed E-state index contributed by atoms with van der Waals surface area (Å²) in [5.41, 5.74) is 1.10. The molecule has 5 atom stereocenters. The van der Waals surface area contributed by atoms with Crippen molar-refractivity contribution in [2.24, 2.45) is 5.92 Å². The molecule has 1 aromatic carbocycles. The van der Waals surface area contributed by atoms with Gasteiger partial charge in [0.2, 0.25) is 0 Å². The minimum Gasteiger partial charge on any atom is -0.461 e. The van der Waals surface area contributed by atoms with Gasteiger partial charge in [0.15, 0.2) is 0 Å². The van der Waals surface area contributed by atoms with Crippen molar-refractivity contribution >= 4 is 12.3 Å². The predicted molar refractivity (Wildman–Crippen MR) is 84.2 cm³/mol. The Morgan fingerprint density at radius 3 is 2.50 bits per heavy atom. The molecule has 0 radical (unpaired) electrons. The predicted octanol–water partition coefficient (Wildman–Crippen LogP) is 1.27. The SMILES string of the molecule is CC(N[C@@H]1C(=O)O[C@@H](C)[C@@H]1C)N[C@@H](C=O)Cc1ccccc1. The van der Waals surface area contributed by atoms with Crippen LogP contribution in [0, 0.1) is 5.92 Å². The topological polar surface area (TPSA) is 67.4 Å². The number of cyclic esters (lactones) is 1. The minimum atomic E-state index is -0.332. The number of carbonyl (C=O) groups excluding carboxylic acids is 2. The van der Waals surface area contributed by atoms with Gasteiger partial charge < -0.3 is 9.53 Å². The van der Waals surface area contributed by atoms with Crippen LogP contribution in [-0.4, -0.2) is 36.6 Å². The zero-order valence-electron chi connectivity index (χ0n) is 13.3. The lowest BCUT2D eigenvalue weighted by atomic mass is 10.00. The van der Waals surface area contributed by atoms with Crippen molar-refractivity contribution in [1.29, 1.82) is 0 Å². The van der Waals surface area contributed by atoms with E-state index in [1.54, 1.807) is 0 Å². The molecular formula is C17H24N2O3. The quantitative estimate of drug-likeness (QED) is 0.451. The molecule has 2 N–H and O–H groups in total. The highest BCUT2D eigenvalue weighted by atomic mass is 16.6. The van der Waals surface area contributed by atoms with Gasteiger partial charge in [-0.05, 0) is 25.8 Å². The Balaban J connectivity index is 1.88. The Kier molecular flexibility index (Phi) is 5.69. The van der Waals surface area contributed by atoms with Gasteiger partial charge in [0.1, 0.15) is 18.4 Å². The first-order chi connectivity index (χ1) is 10.5. The first kappa shape index (κ1) is 16.6. The largest absolute Gasteiger partial charge is 0.461 e. The summed E-state index contributed by atoms with van der Waals surface area (Å²) in [7, 11) is 0. The van der Waals surface area contributed by atoms with Gasteiger partial charge in [-0.25, -0.2) is 0 Å². The third kappa shape index (κ3) is 4.15. The van der Waals surface area contributed by atoms with Crippen molar-refractivity contribution in [3.63, 3.8) is 0 Å². The molecule has 1 unspecified atom stereocenters. The molecule has 22 heavy (non-hydrogen) atoms. The smallest absolute Gasteiger partial charge is 0.323 e. The van der Waals surface area contributed by atoms with Gasteiger partial charge in [-0.3, -0.25) is 15.4 Å². The number of nitrogens with one attached hydrogen (secondary N) is 2. The van der Waals surface area contributed by atoms with E-state index in [4.69, 9.17) is 4.74 Å². The minimum absolute atomic E-state index is 0.0802. The highest BCUT2D eigenvalue weighted by molar-refractivity contribution is 5.78. The van der Waals surface area contributed by atoms with Crippen LogP contribution in [0.15, 0.2) is 30.3 Å². The van der Waals surface area contributed by atoms with Crippen LogP contribution >= 0.6 is 0 Å². The normalized spacial score (nSPS) is 27.2. The number of aldehydes is 1. The lowest BCUT2D eigenvalue weighted by molar-refractivity contribution is -0.142. The van der Waals surface area contributed by atoms with Crippen molar-refractivity contribution in [2.75, 3.05) is 0 Å². The summed E-state index contributed by atoms with van der Waals surface area (Å²) in [6.07, 6.45) is 1.29. The van der Waals surface area contributed by atoms with E-state index in [-0.39, 0.29) is 36.2 Å². The van der Waals surface area contributed by atoms with E-state index in [0.29, 0.717) is 6.42 Å². The third-order valence-corrected chi connectivity index (χ3v) is 4.18. The van der Waals surface area contributed by atoms with Gasteiger partial charge in [0.25, 0.3) is 0 Å². The maximum atomic E-state index is 11.8. The van der Waals surface area contributed by atoms with Crippen LogP contribution in [0.5, 0.6) is 0 Å². The van der Waals surface area contributed by atoms with Gasteiger partial charge in [-0.1, -0.05) is 37.3 Å². The van der Waals surface area contributed by atoms with Gasteiger partial charge >= 0.3 is 5.97 Å². The summed E-state index contributed by atoms with van der Waals surface area (Å²) in [6.45, 7) is 5.79. The average molecular weight is 304 g/mol. The molecule has 120 valence electrons. The Labute approximate surface area is 131 Å². The second kappa shape index (κ2) is 7.51. The number of carbonyl (C=O) groups is 2. The van der Waals surface area contributed by atoms with Crippen LogP contribution in [-0.2, 0) is 20.7 Å². The highest BCUT2D eigenvalue weighted by Gasteiger charge is 2.39. The molecule has 0 bridgehead atoms. The molecule has 1 saturated heterocycles. The molecule has 5 nitrogen and oxygen atoms in total. The third-order valence-electron chi connectivity index (χ3n) is 4.18. The maximum Gasteiger partial charge on any atom is 0.323 e. The van der Waals surface area contributed by atoms with Gasteiger partial charge in [0.05, 0.1) is 12.2 Å². The summed E-state index contributed by atoms with van der Waals surface area (Å²) in [6, 6.07) is 9.22. The zero-order chi connectivity index (χ0) is 16.1. The van der Waals surface area contributed by atoms with Crippen molar-refractivity contribution in [3.05, 3.63) is 35.9 Å². The second-order valence-corrected chi connectivity index (χ2v) is 5.97. The summed E-state index contributed by atoms with van der Waals surface area (Å²) in [5.74, 6) is -0.111. The fourth-order valence-corrected chi connectivity index (χ4v) is 2.72. The average Bonchev–Trinajstić information content (AvgIpc) is 2.74. The number of hydrogen-bond acceptors (Lipinski definition) is 5. The zero-order valence-corrected chi connectivity index (χ0v) is 13.3. The number of esters is 1. The summed E-state index contributed by atoms with van der Waals surface area (Å²) >= 11 is 0. The van der Waals surface area contributed by atoms with Crippen molar-refractivity contribution < 1.29 is 14.3 Å². The first-order valence-electron chi connectivity index (χ1n) is 7.73. The second-order valence-electron chi connectivity index (χ2n) is 5.97. The molecule has 0 aliphatic carbocycles. The van der Waals surface area contributed by atoms with Crippen LogP contribution in [0.3, 0.4) is 0 Å². The van der Waals surface area contributed by atoms with E-state index in [2.05, 4.69) is 10.6 Å². The van der Waals surface area contributed by atoms with Gasteiger partial charge in [-0.2, -0.15) is 0 Å². The number of benzene rings is 1. The van der Waals surface area contributed by atoms with Crippen molar-refractivity contribution in [2.45, 2.75) is 51.5 Å². The number of rotatable bonds is 7. The molecule has 0 spiro atoms. The Morgan fingerprint density at radius 2 is 1.95 bits per heavy atom. The molecule has 5 heteroatoms. The maximum absolute atomic E-state index is 11.8. The molecule has 1 fully saturated rings. The lowest BCUT2D eigenvalue weighted by Crippen LogP contribution is -2.53. The molecule has 2 rings (SSSR count). The fourth-order valence-electron chi connectivity index (χ4n) is 2.72. The van der Waals surface area contributed by atoms with Crippen LogP contribution in [0.4, 0.5) is 0 Å². The molecule has 1 aliphatic heterocycles. The highest BCUT2D eigenvalue weighted by Crippen LogP contribution is 2.21. The van der Waals surface area contributed by atoms with Crippen LogP contribution in [0.1, 0.15) is 26.3 Å². The van der Waals surface area contributed by atoms with E-state index in [1.165, 1.54) is 0 Å². The molecule has 0 amide bonds. The Morgan fingerprint density at radius 1 is 1.27 bits per heavy atom. The summed E-state index contributed by atoms with van der Waals surface area (Å²) in [5, 5.41) is 6.43. The van der Waals surface area contributed by atoms with E-state index >= 15 is 0 Å². The first-order valence-corrected chi connectivity index (χ1v) is 7.73. The van der Waals surface area contributed by atoms with E-state index in [1.807, 2.05) is 51.1 Å². The van der Waals surface area contributed by atoms with Crippen LogP contribution in [0.2, 0.25) is 0 Å². The molecular weight excluding hydrogens is 280 g/mol. The van der Waals surface area contributed by atoms with Gasteiger partial charge in [-0.15, -0.1) is 0 Å². The van der Waals surface area contributed by atoms with Crippen molar-refractivity contribution in [3.8, 4) is 0 Å². The van der Waals surface area contributed by atoms with E-state index in [0.717, 1.165) is 11.8 Å². The van der Waals surface area contributed by atoms with E-state index in [9.17, 15) is 9.59 Å². The van der Waals surface area contributed by atoms with Crippen molar-refractivity contribution in [1.82, 2.24) is 10.6 Å². The van der Waals surface area contributed by atoms with Crippen LogP contribution < -0.4 is 10.6 Å². The van der Waals surface area contributed by atoms with Gasteiger partial charge in [0, 0.05) is 5.92 Å². The lowest BCUT2D eigenvalue weighted by Gasteiger charge is -2.24. The fraction of sp³-hybridized carbons (Fsp3) is 0.529. The van der Waals surface area contributed by atoms with Crippen LogP contribution in [0.25, 0.3) is 0 Å². The Bertz CT molecular complexity index is 506. The Hall–Kier alpha value is -1.72.